The van der Waals surface area contributed by atoms with Crippen molar-refractivity contribution < 1.29 is 14.5 Å². The number of anilines is 1. The van der Waals surface area contributed by atoms with Crippen LogP contribution in [0.5, 0.6) is 5.75 Å². The molecule has 2 rings (SSSR count). The maximum absolute atomic E-state index is 12.0. The normalized spacial score (nSPS) is 10.5. The fraction of sp³-hybridized carbons (Fsp3) is 0.118. The number of carbonyl (C=O) groups excluding carboxylic acids is 1. The Labute approximate surface area is 133 Å². The van der Waals surface area contributed by atoms with E-state index in [0.717, 1.165) is 5.56 Å². The summed E-state index contributed by atoms with van der Waals surface area (Å²) >= 11 is 0. The number of non-ortho nitro benzene ring substituents is 1. The highest BCUT2D eigenvalue weighted by molar-refractivity contribution is 6.02. The van der Waals surface area contributed by atoms with E-state index in [1.54, 1.807) is 26.2 Å². The monoisotopic (exact) mass is 312 g/mol. The Morgan fingerprint density at radius 2 is 2.00 bits per heavy atom. The summed E-state index contributed by atoms with van der Waals surface area (Å²) in [5.41, 5.74) is 1.93. The molecule has 2 aromatic rings. The summed E-state index contributed by atoms with van der Waals surface area (Å²) in [4.78, 5) is 22.2. The van der Waals surface area contributed by atoms with E-state index in [0.29, 0.717) is 17.0 Å². The van der Waals surface area contributed by atoms with Gasteiger partial charge in [-0.3, -0.25) is 14.9 Å². The van der Waals surface area contributed by atoms with Gasteiger partial charge in [0.1, 0.15) is 5.75 Å². The van der Waals surface area contributed by atoms with Crippen LogP contribution in [0.15, 0.2) is 48.5 Å². The maximum atomic E-state index is 12.0. The van der Waals surface area contributed by atoms with Crippen LogP contribution in [0.4, 0.5) is 11.4 Å². The zero-order chi connectivity index (χ0) is 16.8. The van der Waals surface area contributed by atoms with E-state index in [1.165, 1.54) is 24.3 Å². The minimum absolute atomic E-state index is 0.00920. The van der Waals surface area contributed by atoms with Crippen molar-refractivity contribution in [2.24, 2.45) is 0 Å². The van der Waals surface area contributed by atoms with Gasteiger partial charge in [-0.05, 0) is 30.7 Å². The van der Waals surface area contributed by atoms with Gasteiger partial charge in [0.05, 0.1) is 12.0 Å². The van der Waals surface area contributed by atoms with Crippen molar-refractivity contribution in [1.29, 1.82) is 0 Å². The largest absolute Gasteiger partial charge is 0.496 e. The molecule has 6 nitrogen and oxygen atoms in total. The average Bonchev–Trinajstić information content (AvgIpc) is 2.54. The number of rotatable bonds is 5. The first kappa shape index (κ1) is 16.2. The van der Waals surface area contributed by atoms with Crippen LogP contribution in [-0.2, 0) is 4.79 Å². The third-order valence-electron chi connectivity index (χ3n) is 3.23. The van der Waals surface area contributed by atoms with E-state index in [1.807, 2.05) is 18.2 Å². The molecule has 0 aromatic heterocycles. The Hall–Kier alpha value is -3.15. The second-order valence-corrected chi connectivity index (χ2v) is 4.82. The highest BCUT2D eigenvalue weighted by Crippen LogP contribution is 2.22. The van der Waals surface area contributed by atoms with Gasteiger partial charge in [0.2, 0.25) is 5.91 Å². The number of methoxy groups -OCH3 is 1. The fourth-order valence-corrected chi connectivity index (χ4v) is 2.05. The molecular weight excluding hydrogens is 296 g/mol. The van der Waals surface area contributed by atoms with E-state index in [-0.39, 0.29) is 11.6 Å². The summed E-state index contributed by atoms with van der Waals surface area (Å²) in [6.07, 6.45) is 3.04. The zero-order valence-electron chi connectivity index (χ0n) is 12.8. The minimum Gasteiger partial charge on any atom is -0.496 e. The smallest absolute Gasteiger partial charge is 0.269 e. The molecule has 0 saturated carbocycles. The van der Waals surface area contributed by atoms with Gasteiger partial charge in [-0.25, -0.2) is 0 Å². The lowest BCUT2D eigenvalue weighted by Crippen LogP contribution is -2.09. The summed E-state index contributed by atoms with van der Waals surface area (Å²) < 4.78 is 5.20. The van der Waals surface area contributed by atoms with Crippen molar-refractivity contribution in [3.8, 4) is 5.75 Å². The number of nitro groups is 1. The van der Waals surface area contributed by atoms with Gasteiger partial charge in [-0.2, -0.15) is 0 Å². The average molecular weight is 312 g/mol. The minimum atomic E-state index is -0.472. The van der Waals surface area contributed by atoms with Gasteiger partial charge in [-0.1, -0.05) is 18.2 Å². The van der Waals surface area contributed by atoms with Crippen molar-refractivity contribution in [3.63, 3.8) is 0 Å². The molecule has 0 aliphatic carbocycles. The number of hydrogen-bond acceptors (Lipinski definition) is 4. The lowest BCUT2D eigenvalue weighted by molar-refractivity contribution is -0.384. The zero-order valence-corrected chi connectivity index (χ0v) is 12.8. The number of ether oxygens (including phenoxy) is 1. The standard InChI is InChI=1S/C17H16N2O4/c1-12-11-14(19(21)22)8-9-15(12)18-17(20)10-7-13-5-3-4-6-16(13)23-2/h3-11H,1-2H3,(H,18,20). The van der Waals surface area contributed by atoms with Gasteiger partial charge < -0.3 is 10.1 Å². The highest BCUT2D eigenvalue weighted by atomic mass is 16.6. The quantitative estimate of drug-likeness (QED) is 0.520. The third kappa shape index (κ3) is 4.16. The van der Waals surface area contributed by atoms with Gasteiger partial charge >= 0.3 is 0 Å². The molecule has 0 aliphatic heterocycles. The Balaban J connectivity index is 2.10. The molecule has 0 saturated heterocycles. The summed E-state index contributed by atoms with van der Waals surface area (Å²) in [5.74, 6) is 0.343. The molecular formula is C17H16N2O4. The molecule has 6 heteroatoms. The lowest BCUT2D eigenvalue weighted by Gasteiger charge is -2.06. The molecule has 1 amide bonds. The predicted molar refractivity (Wildman–Crippen MR) is 88.5 cm³/mol. The molecule has 2 aromatic carbocycles. The number of nitrogens with one attached hydrogen (secondary N) is 1. The number of para-hydroxylation sites is 1. The summed E-state index contributed by atoms with van der Waals surface area (Å²) in [6, 6.07) is 11.6. The number of hydrogen-bond donors (Lipinski definition) is 1. The van der Waals surface area contributed by atoms with E-state index in [2.05, 4.69) is 5.32 Å². The highest BCUT2D eigenvalue weighted by Gasteiger charge is 2.09. The second kappa shape index (κ2) is 7.22. The SMILES string of the molecule is COc1ccccc1C=CC(=O)Nc1ccc([N+](=O)[O-])cc1C. The number of carbonyl (C=O) groups is 1. The van der Waals surface area contributed by atoms with Gasteiger partial charge in [0, 0.05) is 29.5 Å². The van der Waals surface area contributed by atoms with Crippen molar-refractivity contribution >= 4 is 23.4 Å². The summed E-state index contributed by atoms with van der Waals surface area (Å²) in [7, 11) is 1.56. The molecule has 0 atom stereocenters. The Morgan fingerprint density at radius 3 is 2.65 bits per heavy atom. The van der Waals surface area contributed by atoms with Crippen LogP contribution in [-0.4, -0.2) is 17.9 Å². The second-order valence-electron chi connectivity index (χ2n) is 4.82. The van der Waals surface area contributed by atoms with Crippen LogP contribution in [0.3, 0.4) is 0 Å². The molecule has 0 radical (unpaired) electrons. The Morgan fingerprint density at radius 1 is 1.26 bits per heavy atom. The van der Waals surface area contributed by atoms with Gasteiger partial charge in [0.25, 0.3) is 5.69 Å². The lowest BCUT2D eigenvalue weighted by atomic mass is 10.1. The first-order valence-electron chi connectivity index (χ1n) is 6.88. The van der Waals surface area contributed by atoms with Crippen LogP contribution in [0, 0.1) is 17.0 Å². The van der Waals surface area contributed by atoms with E-state index in [4.69, 9.17) is 4.74 Å². The number of nitro benzene ring substituents is 1. The summed E-state index contributed by atoms with van der Waals surface area (Å²) in [6.45, 7) is 1.70. The van der Waals surface area contributed by atoms with E-state index in [9.17, 15) is 14.9 Å². The molecule has 0 heterocycles. The predicted octanol–water partition coefficient (Wildman–Crippen LogP) is 3.56. The van der Waals surface area contributed by atoms with Crippen molar-refractivity contribution in [2.45, 2.75) is 6.92 Å². The maximum Gasteiger partial charge on any atom is 0.269 e. The van der Waals surface area contributed by atoms with Crippen LogP contribution in [0.1, 0.15) is 11.1 Å². The van der Waals surface area contributed by atoms with E-state index < -0.39 is 4.92 Å². The summed E-state index contributed by atoms with van der Waals surface area (Å²) in [5, 5.41) is 13.4. The van der Waals surface area contributed by atoms with Crippen molar-refractivity contribution in [2.75, 3.05) is 12.4 Å². The number of amides is 1. The van der Waals surface area contributed by atoms with Crippen molar-refractivity contribution in [1.82, 2.24) is 0 Å². The molecule has 0 unspecified atom stereocenters. The first-order valence-corrected chi connectivity index (χ1v) is 6.88. The Bertz CT molecular complexity index is 769. The Kier molecular flexibility index (Phi) is 5.09. The van der Waals surface area contributed by atoms with Crippen LogP contribution >= 0.6 is 0 Å². The topological polar surface area (TPSA) is 81.5 Å². The first-order chi connectivity index (χ1) is 11.0. The molecule has 118 valence electrons. The van der Waals surface area contributed by atoms with Crippen LogP contribution < -0.4 is 10.1 Å². The molecule has 23 heavy (non-hydrogen) atoms. The van der Waals surface area contributed by atoms with Crippen LogP contribution in [0.2, 0.25) is 0 Å². The third-order valence-corrected chi connectivity index (χ3v) is 3.23. The van der Waals surface area contributed by atoms with Crippen LogP contribution in [0.25, 0.3) is 6.08 Å². The molecule has 0 spiro atoms. The number of aryl methyl sites for hydroxylation is 1. The number of nitrogens with zero attached hydrogens (tertiary/aromatic N) is 1. The molecule has 0 bridgehead atoms. The van der Waals surface area contributed by atoms with Gasteiger partial charge in [0.15, 0.2) is 0 Å². The molecule has 0 aliphatic rings. The van der Waals surface area contributed by atoms with Crippen molar-refractivity contribution in [3.05, 3.63) is 69.8 Å². The fourth-order valence-electron chi connectivity index (χ4n) is 2.05. The van der Waals surface area contributed by atoms with E-state index >= 15 is 0 Å². The van der Waals surface area contributed by atoms with Gasteiger partial charge in [-0.15, -0.1) is 0 Å². The number of benzene rings is 2. The molecule has 1 N–H and O–H groups in total. The molecule has 0 fully saturated rings.